The number of aliphatic hydroxyl groups is 1. The normalized spacial score (nSPS) is 13.0. The number of ether oxygens (including phenoxy) is 1. The molecule has 0 aliphatic heterocycles. The zero-order valence-corrected chi connectivity index (χ0v) is 19.5. The van der Waals surface area contributed by atoms with Gasteiger partial charge in [0, 0.05) is 23.6 Å². The summed E-state index contributed by atoms with van der Waals surface area (Å²) in [6, 6.07) is 12.0. The fourth-order valence-corrected chi connectivity index (χ4v) is 2.96. The molecule has 0 aliphatic rings. The van der Waals surface area contributed by atoms with Gasteiger partial charge in [-0.3, -0.25) is 0 Å². The second-order valence-electron chi connectivity index (χ2n) is 6.66. The monoisotopic (exact) mass is 406 g/mol. The Morgan fingerprint density at radius 1 is 1.21 bits per heavy atom. The number of carbonyl (C=O) groups excluding carboxylic acids is 1. The number of aromatic nitrogens is 1. The zero-order chi connectivity index (χ0) is 19.4. The van der Waals surface area contributed by atoms with Crippen LogP contribution >= 0.6 is 0 Å². The van der Waals surface area contributed by atoms with Gasteiger partial charge in [0.25, 0.3) is 0 Å². The average Bonchev–Trinajstić information content (AvgIpc) is 3.12. The molecule has 0 spiro atoms. The van der Waals surface area contributed by atoms with Gasteiger partial charge in [0.15, 0.2) is 0 Å². The number of carboxylic acid groups (broad SMARTS) is 1. The van der Waals surface area contributed by atoms with Crippen molar-refractivity contribution in [2.24, 2.45) is 0 Å². The van der Waals surface area contributed by atoms with Crippen molar-refractivity contribution < 1.29 is 71.1 Å². The molecule has 2 atom stereocenters. The number of H-pyrrole nitrogens is 1. The Bertz CT molecular complexity index is 941. The van der Waals surface area contributed by atoms with Crippen molar-refractivity contribution in [3.63, 3.8) is 0 Å². The van der Waals surface area contributed by atoms with E-state index in [1.54, 1.807) is 6.07 Å². The number of hydrogen-bond acceptors (Lipinski definition) is 5. The largest absolute Gasteiger partial charge is 1.00 e. The van der Waals surface area contributed by atoms with Crippen LogP contribution in [0.3, 0.4) is 0 Å². The van der Waals surface area contributed by atoms with Crippen LogP contribution in [0.4, 0.5) is 0 Å². The third-order valence-corrected chi connectivity index (χ3v) is 4.64. The van der Waals surface area contributed by atoms with Crippen LogP contribution in [0.15, 0.2) is 48.7 Å². The van der Waals surface area contributed by atoms with Crippen molar-refractivity contribution in [1.82, 2.24) is 10.3 Å². The first-order valence-electron chi connectivity index (χ1n) is 8.84. The van der Waals surface area contributed by atoms with Crippen molar-refractivity contribution in [3.8, 4) is 5.75 Å². The molecule has 142 valence electrons. The molecular formula is C21H23KN2O4. The molecule has 3 rings (SSSR count). The predicted molar refractivity (Wildman–Crippen MR) is 101 cm³/mol. The fraction of sp³-hybridized carbons (Fsp3) is 0.286. The van der Waals surface area contributed by atoms with Crippen LogP contribution in [0, 0.1) is 13.8 Å². The number of benzene rings is 2. The van der Waals surface area contributed by atoms with Crippen LogP contribution in [-0.2, 0) is 4.79 Å². The minimum atomic E-state index is -1.23. The Morgan fingerprint density at radius 3 is 2.71 bits per heavy atom. The van der Waals surface area contributed by atoms with Crippen molar-refractivity contribution >= 4 is 16.9 Å². The number of nitrogens with one attached hydrogen (secondary N) is 2. The third kappa shape index (κ3) is 5.67. The summed E-state index contributed by atoms with van der Waals surface area (Å²) in [5.41, 5.74) is 3.64. The molecule has 2 aromatic carbocycles. The molecule has 0 fully saturated rings. The Hall–Kier alpha value is -1.19. The summed E-state index contributed by atoms with van der Waals surface area (Å²) >= 11 is 0. The van der Waals surface area contributed by atoms with Crippen LogP contribution < -0.4 is 66.5 Å². The summed E-state index contributed by atoms with van der Waals surface area (Å²) in [5.74, 6) is -0.568. The average molecular weight is 407 g/mol. The molecule has 1 aromatic heterocycles. The van der Waals surface area contributed by atoms with Crippen molar-refractivity contribution in [2.75, 3.05) is 13.2 Å². The number of aliphatic carboxylic acids is 1. The molecule has 0 bridgehead atoms. The number of carboxylic acids is 1. The summed E-state index contributed by atoms with van der Waals surface area (Å²) in [4.78, 5) is 14.6. The maximum atomic E-state index is 11.5. The van der Waals surface area contributed by atoms with Crippen molar-refractivity contribution in [1.29, 1.82) is 0 Å². The molecule has 3 N–H and O–H groups in total. The van der Waals surface area contributed by atoms with E-state index in [-0.39, 0.29) is 64.5 Å². The van der Waals surface area contributed by atoms with E-state index in [0.29, 0.717) is 11.3 Å². The van der Waals surface area contributed by atoms with Gasteiger partial charge >= 0.3 is 51.4 Å². The Kier molecular flexibility index (Phi) is 8.70. The van der Waals surface area contributed by atoms with Crippen LogP contribution in [0.5, 0.6) is 5.75 Å². The number of hydrogen-bond donors (Lipinski definition) is 3. The summed E-state index contributed by atoms with van der Waals surface area (Å²) in [6.07, 6.45) is 0.955. The van der Waals surface area contributed by atoms with E-state index in [4.69, 9.17) is 4.74 Å². The van der Waals surface area contributed by atoms with Crippen LogP contribution in [-0.4, -0.2) is 35.3 Å². The first kappa shape index (κ1) is 23.1. The zero-order valence-electron chi connectivity index (χ0n) is 16.4. The van der Waals surface area contributed by atoms with Gasteiger partial charge in [0.2, 0.25) is 0 Å². The van der Waals surface area contributed by atoms with Crippen molar-refractivity contribution in [2.45, 2.75) is 26.0 Å². The molecule has 28 heavy (non-hydrogen) atoms. The quantitative estimate of drug-likeness (QED) is 0.400. The second-order valence-corrected chi connectivity index (χ2v) is 6.66. The maximum Gasteiger partial charge on any atom is 1.00 e. The number of aryl methyl sites for hydroxylation is 2. The molecule has 7 heteroatoms. The van der Waals surface area contributed by atoms with E-state index in [1.807, 2.05) is 56.4 Å². The molecular weight excluding hydrogens is 383 g/mol. The minimum Gasteiger partial charge on any atom is -0.548 e. The topological polar surface area (TPSA) is 97.4 Å². The van der Waals surface area contributed by atoms with E-state index in [2.05, 4.69) is 10.3 Å². The number of carbonyl (C=O) groups is 1. The standard InChI is InChI=1S/C21H24N2O4.K/c1-13-6-7-15(10-14(13)2)20(21(25)26)23-11-16(24)12-27-19-5-3-4-18-17(19)8-9-22-18;/h3-10,16,20,22-24H,11-12H2,1-2H3,(H,25,26);/q;+1/p-1. The Labute approximate surface area is 206 Å². The van der Waals surface area contributed by atoms with Gasteiger partial charge in [-0.15, -0.1) is 0 Å². The molecule has 0 saturated carbocycles. The van der Waals surface area contributed by atoms with Crippen molar-refractivity contribution in [3.05, 3.63) is 65.4 Å². The van der Waals surface area contributed by atoms with Gasteiger partial charge in [0.05, 0.1) is 12.0 Å². The van der Waals surface area contributed by atoms with Gasteiger partial charge < -0.3 is 30.0 Å². The Balaban J connectivity index is 0.00000280. The van der Waals surface area contributed by atoms with Gasteiger partial charge in [-0.2, -0.15) is 0 Å². The summed E-state index contributed by atoms with van der Waals surface area (Å²) in [6.45, 7) is 4.00. The van der Waals surface area contributed by atoms with E-state index in [0.717, 1.165) is 22.0 Å². The molecule has 0 saturated heterocycles. The van der Waals surface area contributed by atoms with E-state index >= 15 is 0 Å². The number of aliphatic hydroxyl groups excluding tert-OH is 1. The fourth-order valence-electron chi connectivity index (χ4n) is 2.96. The summed E-state index contributed by atoms with van der Waals surface area (Å²) in [7, 11) is 0. The molecule has 0 amide bonds. The smallest absolute Gasteiger partial charge is 0.548 e. The van der Waals surface area contributed by atoms with E-state index in [1.165, 1.54) is 0 Å². The first-order valence-corrected chi connectivity index (χ1v) is 8.84. The third-order valence-electron chi connectivity index (χ3n) is 4.64. The molecule has 2 unspecified atom stereocenters. The SMILES string of the molecule is Cc1ccc(C(NCC(O)COc2cccc3[nH]ccc23)C(=O)[O-])cc1C.[K+]. The predicted octanol–water partition coefficient (Wildman–Crippen LogP) is -1.39. The maximum absolute atomic E-state index is 11.5. The molecule has 3 aromatic rings. The first-order chi connectivity index (χ1) is 13.0. The van der Waals surface area contributed by atoms with Gasteiger partial charge in [-0.1, -0.05) is 24.3 Å². The minimum absolute atomic E-state index is 0. The summed E-state index contributed by atoms with van der Waals surface area (Å²) < 4.78 is 5.70. The van der Waals surface area contributed by atoms with Gasteiger partial charge in [-0.05, 0) is 48.7 Å². The van der Waals surface area contributed by atoms with E-state index in [9.17, 15) is 15.0 Å². The van der Waals surface area contributed by atoms with Gasteiger partial charge in [-0.25, -0.2) is 0 Å². The summed E-state index contributed by atoms with van der Waals surface area (Å²) in [5, 5.41) is 25.5. The number of rotatable bonds is 8. The molecule has 0 aliphatic carbocycles. The molecule has 0 radical (unpaired) electrons. The van der Waals surface area contributed by atoms with Crippen LogP contribution in [0.2, 0.25) is 0 Å². The number of aromatic amines is 1. The van der Waals surface area contributed by atoms with E-state index < -0.39 is 18.1 Å². The number of fused-ring (bicyclic) bond motifs is 1. The molecule has 6 nitrogen and oxygen atoms in total. The van der Waals surface area contributed by atoms with Crippen LogP contribution in [0.25, 0.3) is 10.9 Å². The van der Waals surface area contributed by atoms with Gasteiger partial charge in [0.1, 0.15) is 18.5 Å². The Morgan fingerprint density at radius 2 is 2.00 bits per heavy atom. The van der Waals surface area contributed by atoms with Crippen LogP contribution in [0.1, 0.15) is 22.7 Å². The molecule has 1 heterocycles. The second kappa shape index (κ2) is 10.5.